The first kappa shape index (κ1) is 17.8. The van der Waals surface area contributed by atoms with E-state index in [1.54, 1.807) is 18.3 Å². The van der Waals surface area contributed by atoms with Gasteiger partial charge >= 0.3 is 0 Å². The minimum Gasteiger partial charge on any atom is -0.385 e. The number of benzene rings is 1. The summed E-state index contributed by atoms with van der Waals surface area (Å²) in [5, 5.41) is 21.7. The summed E-state index contributed by atoms with van der Waals surface area (Å²) < 4.78 is 1.86. The van der Waals surface area contributed by atoms with Crippen LogP contribution in [0.15, 0.2) is 36.7 Å². The van der Waals surface area contributed by atoms with Crippen molar-refractivity contribution in [2.75, 3.05) is 18.0 Å². The van der Waals surface area contributed by atoms with Gasteiger partial charge in [0.2, 0.25) is 0 Å². The maximum atomic E-state index is 10.8. The van der Waals surface area contributed by atoms with Crippen molar-refractivity contribution in [1.29, 1.82) is 5.26 Å². The highest BCUT2D eigenvalue weighted by Crippen LogP contribution is 2.32. The van der Waals surface area contributed by atoms with Crippen LogP contribution in [0.1, 0.15) is 30.3 Å². The number of nitriles is 1. The van der Waals surface area contributed by atoms with E-state index in [1.807, 2.05) is 29.9 Å². The molecule has 1 aliphatic rings. The van der Waals surface area contributed by atoms with Crippen LogP contribution in [0.4, 0.5) is 5.82 Å². The molecule has 1 aliphatic heterocycles. The second kappa shape index (κ2) is 7.18. The summed E-state index contributed by atoms with van der Waals surface area (Å²) in [7, 11) is 1.89. The molecule has 138 valence electrons. The standard InChI is InChI=1S/C20H20ClN5O/c1-25-8-6-23-20(25)19(27)13-3-2-7-26(12-13)18-9-14(11-22)16-10-15(21)4-5-17(16)24-18/h4-6,8-10,13,19,27H,2-3,7,12H2,1H3. The molecule has 7 heteroatoms. The third-order valence-electron chi connectivity index (χ3n) is 5.23. The Bertz CT molecular complexity index is 1020. The number of anilines is 1. The monoisotopic (exact) mass is 381 g/mol. The Hall–Kier alpha value is -2.62. The molecule has 6 nitrogen and oxygen atoms in total. The lowest BCUT2D eigenvalue weighted by atomic mass is 9.92. The fourth-order valence-corrected chi connectivity index (χ4v) is 3.96. The van der Waals surface area contributed by atoms with E-state index >= 15 is 0 Å². The molecule has 0 saturated carbocycles. The van der Waals surface area contributed by atoms with E-state index in [0.717, 1.165) is 36.1 Å². The molecule has 0 radical (unpaired) electrons. The first-order valence-corrected chi connectivity index (χ1v) is 9.35. The van der Waals surface area contributed by atoms with Crippen molar-refractivity contribution in [3.05, 3.63) is 53.1 Å². The highest BCUT2D eigenvalue weighted by atomic mass is 35.5. The van der Waals surface area contributed by atoms with Crippen LogP contribution in [0.3, 0.4) is 0 Å². The third-order valence-corrected chi connectivity index (χ3v) is 5.46. The highest BCUT2D eigenvalue weighted by Gasteiger charge is 2.30. The number of aliphatic hydroxyl groups is 1. The van der Waals surface area contributed by atoms with E-state index in [0.29, 0.717) is 23.0 Å². The van der Waals surface area contributed by atoms with Gasteiger partial charge in [0.25, 0.3) is 0 Å². The third kappa shape index (κ3) is 3.36. The van der Waals surface area contributed by atoms with Crippen LogP contribution in [-0.2, 0) is 7.05 Å². The summed E-state index contributed by atoms with van der Waals surface area (Å²) in [5.41, 5.74) is 1.31. The number of halogens is 1. The predicted octanol–water partition coefficient (Wildman–Crippen LogP) is 3.44. The minimum absolute atomic E-state index is 0.0631. The van der Waals surface area contributed by atoms with Crippen molar-refractivity contribution < 1.29 is 5.11 Å². The molecule has 2 unspecified atom stereocenters. The maximum Gasteiger partial charge on any atom is 0.137 e. The van der Waals surface area contributed by atoms with Crippen molar-refractivity contribution in [2.24, 2.45) is 13.0 Å². The fourth-order valence-electron chi connectivity index (χ4n) is 3.79. The summed E-state index contributed by atoms with van der Waals surface area (Å²) in [6.45, 7) is 1.52. The molecule has 4 rings (SSSR count). The van der Waals surface area contributed by atoms with Crippen molar-refractivity contribution in [3.63, 3.8) is 0 Å². The summed E-state index contributed by atoms with van der Waals surface area (Å²) in [6, 6.07) is 9.46. The molecule has 1 fully saturated rings. The topological polar surface area (TPSA) is 78.0 Å². The lowest BCUT2D eigenvalue weighted by molar-refractivity contribution is 0.0874. The van der Waals surface area contributed by atoms with Crippen molar-refractivity contribution >= 4 is 28.3 Å². The van der Waals surface area contributed by atoms with Gasteiger partial charge in [0.15, 0.2) is 0 Å². The number of aliphatic hydroxyl groups excluding tert-OH is 1. The van der Waals surface area contributed by atoms with Crippen LogP contribution in [-0.4, -0.2) is 32.7 Å². The number of nitrogens with zero attached hydrogens (tertiary/aromatic N) is 5. The van der Waals surface area contributed by atoms with E-state index in [1.165, 1.54) is 0 Å². The molecule has 2 atom stereocenters. The van der Waals surface area contributed by atoms with Gasteiger partial charge in [-0.3, -0.25) is 0 Å². The van der Waals surface area contributed by atoms with Crippen LogP contribution < -0.4 is 4.90 Å². The Balaban J connectivity index is 1.64. The van der Waals surface area contributed by atoms with E-state index in [4.69, 9.17) is 16.6 Å². The number of piperidine rings is 1. The van der Waals surface area contributed by atoms with E-state index in [9.17, 15) is 10.4 Å². The second-order valence-electron chi connectivity index (χ2n) is 6.99. The zero-order chi connectivity index (χ0) is 19.0. The van der Waals surface area contributed by atoms with E-state index in [2.05, 4.69) is 16.0 Å². The second-order valence-corrected chi connectivity index (χ2v) is 7.43. The Morgan fingerprint density at radius 3 is 2.96 bits per heavy atom. The maximum absolute atomic E-state index is 10.8. The number of pyridine rings is 1. The van der Waals surface area contributed by atoms with Gasteiger partial charge in [0.05, 0.1) is 17.1 Å². The largest absolute Gasteiger partial charge is 0.385 e. The van der Waals surface area contributed by atoms with Gasteiger partial charge in [-0.1, -0.05) is 11.6 Å². The molecule has 0 spiro atoms. The molecule has 3 aromatic rings. The molecule has 1 aromatic carbocycles. The van der Waals surface area contributed by atoms with Gasteiger partial charge in [0, 0.05) is 48.9 Å². The molecule has 2 aromatic heterocycles. The van der Waals surface area contributed by atoms with Crippen LogP contribution in [0, 0.1) is 17.2 Å². The molecule has 27 heavy (non-hydrogen) atoms. The lowest BCUT2D eigenvalue weighted by Crippen LogP contribution is -2.38. The fraction of sp³-hybridized carbons (Fsp3) is 0.350. The number of aromatic nitrogens is 3. The molecule has 1 N–H and O–H groups in total. The van der Waals surface area contributed by atoms with Crippen LogP contribution in [0.5, 0.6) is 0 Å². The predicted molar refractivity (Wildman–Crippen MR) is 105 cm³/mol. The summed E-state index contributed by atoms with van der Waals surface area (Å²) >= 11 is 6.07. The summed E-state index contributed by atoms with van der Waals surface area (Å²) in [6.07, 6.45) is 4.80. The van der Waals surface area contributed by atoms with Gasteiger partial charge in [-0.05, 0) is 37.1 Å². The molecule has 1 saturated heterocycles. The quantitative estimate of drug-likeness (QED) is 0.751. The van der Waals surface area contributed by atoms with Gasteiger partial charge in [-0.2, -0.15) is 5.26 Å². The SMILES string of the molecule is Cn1ccnc1C(O)C1CCCN(c2cc(C#N)c3cc(Cl)ccc3n2)C1. The average Bonchev–Trinajstić information content (AvgIpc) is 3.12. The van der Waals surface area contributed by atoms with E-state index in [-0.39, 0.29) is 5.92 Å². The van der Waals surface area contributed by atoms with Crippen LogP contribution in [0.25, 0.3) is 10.9 Å². The molecular weight excluding hydrogens is 362 g/mol. The Morgan fingerprint density at radius 2 is 2.22 bits per heavy atom. The van der Waals surface area contributed by atoms with E-state index < -0.39 is 6.10 Å². The van der Waals surface area contributed by atoms with Crippen LogP contribution in [0.2, 0.25) is 5.02 Å². The van der Waals surface area contributed by atoms with Crippen LogP contribution >= 0.6 is 11.6 Å². The smallest absolute Gasteiger partial charge is 0.137 e. The highest BCUT2D eigenvalue weighted by molar-refractivity contribution is 6.31. The van der Waals surface area contributed by atoms with Crippen molar-refractivity contribution in [1.82, 2.24) is 14.5 Å². The molecular formula is C20H20ClN5O. The number of fused-ring (bicyclic) bond motifs is 1. The van der Waals surface area contributed by atoms with Gasteiger partial charge in [-0.25, -0.2) is 9.97 Å². The number of aryl methyl sites for hydroxylation is 1. The first-order valence-electron chi connectivity index (χ1n) is 8.97. The normalized spacial score (nSPS) is 18.4. The van der Waals surface area contributed by atoms with Crippen molar-refractivity contribution in [3.8, 4) is 6.07 Å². The zero-order valence-electron chi connectivity index (χ0n) is 15.0. The molecule has 0 amide bonds. The zero-order valence-corrected chi connectivity index (χ0v) is 15.8. The average molecular weight is 382 g/mol. The van der Waals surface area contributed by atoms with Gasteiger partial charge in [-0.15, -0.1) is 0 Å². The molecule has 3 heterocycles. The van der Waals surface area contributed by atoms with Gasteiger partial charge < -0.3 is 14.6 Å². The number of hydrogen-bond donors (Lipinski definition) is 1. The summed E-state index contributed by atoms with van der Waals surface area (Å²) in [5.74, 6) is 1.51. The first-order chi connectivity index (χ1) is 13.1. The minimum atomic E-state index is -0.623. The Labute approximate surface area is 162 Å². The lowest BCUT2D eigenvalue weighted by Gasteiger charge is -2.35. The Morgan fingerprint density at radius 1 is 1.37 bits per heavy atom. The summed E-state index contributed by atoms with van der Waals surface area (Å²) in [4.78, 5) is 11.2. The number of imidazole rings is 1. The van der Waals surface area contributed by atoms with Gasteiger partial charge in [0.1, 0.15) is 17.7 Å². The molecule has 0 bridgehead atoms. The number of rotatable bonds is 3. The molecule has 0 aliphatic carbocycles. The van der Waals surface area contributed by atoms with Crippen molar-refractivity contribution in [2.45, 2.75) is 18.9 Å². The number of hydrogen-bond acceptors (Lipinski definition) is 5. The Kier molecular flexibility index (Phi) is 4.73.